The molecule has 1 atom stereocenters. The molecule has 28 heavy (non-hydrogen) atoms. The van der Waals surface area contributed by atoms with Crippen LogP contribution in [0.2, 0.25) is 0 Å². The summed E-state index contributed by atoms with van der Waals surface area (Å²) < 4.78 is 10.7. The lowest BCUT2D eigenvalue weighted by Crippen LogP contribution is -2.35. The Labute approximate surface area is 172 Å². The van der Waals surface area contributed by atoms with Crippen LogP contribution in [0.4, 0.5) is 4.79 Å². The van der Waals surface area contributed by atoms with Gasteiger partial charge in [0, 0.05) is 22.3 Å². The summed E-state index contributed by atoms with van der Waals surface area (Å²) in [4.78, 5) is 14.4. The van der Waals surface area contributed by atoms with Crippen LogP contribution in [-0.4, -0.2) is 25.3 Å². The van der Waals surface area contributed by atoms with Crippen molar-refractivity contribution >= 4 is 17.9 Å². The smallest absolute Gasteiger partial charge is 0.407 e. The van der Waals surface area contributed by atoms with Gasteiger partial charge in [-0.2, -0.15) is 0 Å². The van der Waals surface area contributed by atoms with E-state index < -0.39 is 5.60 Å². The Morgan fingerprint density at radius 2 is 1.96 bits per heavy atom. The second-order valence-corrected chi connectivity index (χ2v) is 9.26. The van der Waals surface area contributed by atoms with E-state index in [1.165, 1.54) is 20.9 Å². The van der Waals surface area contributed by atoms with Gasteiger partial charge in [0.1, 0.15) is 11.4 Å². The quantitative estimate of drug-likeness (QED) is 0.691. The number of rotatable bonds is 5. The highest BCUT2D eigenvalue weighted by Crippen LogP contribution is 2.36. The largest absolute Gasteiger partial charge is 0.497 e. The van der Waals surface area contributed by atoms with Crippen LogP contribution in [-0.2, 0) is 11.2 Å². The van der Waals surface area contributed by atoms with E-state index >= 15 is 0 Å². The van der Waals surface area contributed by atoms with Crippen LogP contribution >= 0.6 is 11.8 Å². The third-order valence-electron chi connectivity index (χ3n) is 4.72. The molecule has 0 saturated carbocycles. The molecule has 2 aromatic rings. The van der Waals surface area contributed by atoms with E-state index in [2.05, 4.69) is 35.6 Å². The van der Waals surface area contributed by atoms with E-state index in [0.29, 0.717) is 12.5 Å². The van der Waals surface area contributed by atoms with E-state index in [1.807, 2.05) is 32.9 Å². The van der Waals surface area contributed by atoms with Crippen LogP contribution in [0, 0.1) is 0 Å². The van der Waals surface area contributed by atoms with E-state index in [4.69, 9.17) is 9.47 Å². The number of methoxy groups -OCH3 is 1. The number of nitrogens with one attached hydrogen (secondary N) is 1. The maximum Gasteiger partial charge on any atom is 0.407 e. The molecule has 0 bridgehead atoms. The van der Waals surface area contributed by atoms with Crippen molar-refractivity contribution in [3.8, 4) is 5.75 Å². The predicted octanol–water partition coefficient (Wildman–Crippen LogP) is 5.79. The van der Waals surface area contributed by atoms with E-state index in [9.17, 15) is 4.79 Å². The molecule has 1 N–H and O–H groups in total. The number of fused-ring (bicyclic) bond motifs is 1. The van der Waals surface area contributed by atoms with Gasteiger partial charge in [0.2, 0.25) is 0 Å². The first-order valence-electron chi connectivity index (χ1n) is 9.75. The van der Waals surface area contributed by atoms with Crippen molar-refractivity contribution in [3.63, 3.8) is 0 Å². The van der Waals surface area contributed by atoms with Crippen molar-refractivity contribution in [3.05, 3.63) is 53.6 Å². The summed E-state index contributed by atoms with van der Waals surface area (Å²) in [6, 6.07) is 14.8. The van der Waals surface area contributed by atoms with Gasteiger partial charge in [-0.05, 0) is 81.5 Å². The molecule has 1 aliphatic rings. The van der Waals surface area contributed by atoms with Crippen molar-refractivity contribution in [2.75, 3.05) is 13.7 Å². The number of amides is 1. The van der Waals surface area contributed by atoms with Gasteiger partial charge < -0.3 is 14.8 Å². The van der Waals surface area contributed by atoms with E-state index in [1.54, 1.807) is 18.9 Å². The number of alkyl carbamates (subject to hydrolysis) is 1. The highest BCUT2D eigenvalue weighted by Gasteiger charge is 2.22. The second kappa shape index (κ2) is 8.91. The number of hydrogen-bond acceptors (Lipinski definition) is 4. The van der Waals surface area contributed by atoms with Gasteiger partial charge in [-0.25, -0.2) is 4.79 Å². The van der Waals surface area contributed by atoms with Gasteiger partial charge in [-0.3, -0.25) is 0 Å². The van der Waals surface area contributed by atoms with Crippen molar-refractivity contribution in [2.45, 2.75) is 61.3 Å². The summed E-state index contributed by atoms with van der Waals surface area (Å²) in [6.07, 6.45) is 2.97. The molecule has 3 rings (SSSR count). The third-order valence-corrected chi connectivity index (χ3v) is 5.70. The van der Waals surface area contributed by atoms with Gasteiger partial charge in [0.05, 0.1) is 7.11 Å². The SMILES string of the molecule is COc1cccc(Sc2ccc3c(c2)CCC[C@H]3CNC(=O)OC(C)(C)C)c1. The van der Waals surface area contributed by atoms with Gasteiger partial charge in [-0.15, -0.1) is 0 Å². The zero-order chi connectivity index (χ0) is 20.1. The van der Waals surface area contributed by atoms with Gasteiger partial charge >= 0.3 is 6.09 Å². The minimum Gasteiger partial charge on any atom is -0.497 e. The second-order valence-electron chi connectivity index (χ2n) is 8.11. The average molecular weight is 400 g/mol. The number of benzene rings is 2. The average Bonchev–Trinajstić information content (AvgIpc) is 2.65. The third kappa shape index (κ3) is 5.68. The summed E-state index contributed by atoms with van der Waals surface area (Å²) >= 11 is 1.75. The number of carbonyl (C=O) groups is 1. The first-order chi connectivity index (χ1) is 13.3. The summed E-state index contributed by atoms with van der Waals surface area (Å²) in [5.74, 6) is 1.21. The van der Waals surface area contributed by atoms with Crippen molar-refractivity contribution in [1.82, 2.24) is 5.32 Å². The zero-order valence-electron chi connectivity index (χ0n) is 17.1. The molecule has 0 aliphatic heterocycles. The Balaban J connectivity index is 1.67. The molecule has 0 aromatic heterocycles. The first-order valence-corrected chi connectivity index (χ1v) is 10.6. The zero-order valence-corrected chi connectivity index (χ0v) is 17.9. The van der Waals surface area contributed by atoms with Crippen molar-refractivity contribution < 1.29 is 14.3 Å². The number of aryl methyl sites for hydroxylation is 1. The number of hydrogen-bond donors (Lipinski definition) is 1. The molecule has 1 aliphatic carbocycles. The molecular weight excluding hydrogens is 370 g/mol. The maximum atomic E-state index is 12.0. The summed E-state index contributed by atoms with van der Waals surface area (Å²) in [5.41, 5.74) is 2.26. The van der Waals surface area contributed by atoms with Crippen molar-refractivity contribution in [1.29, 1.82) is 0 Å². The summed E-state index contributed by atoms with van der Waals surface area (Å²) in [6.45, 7) is 6.25. The van der Waals surface area contributed by atoms with Gasteiger partial charge in [0.25, 0.3) is 0 Å². The van der Waals surface area contributed by atoms with Crippen LogP contribution in [0.1, 0.15) is 50.7 Å². The Kier molecular flexibility index (Phi) is 6.55. The molecule has 0 fully saturated rings. The lowest BCUT2D eigenvalue weighted by molar-refractivity contribution is 0.0523. The van der Waals surface area contributed by atoms with Crippen LogP contribution in [0.3, 0.4) is 0 Å². The van der Waals surface area contributed by atoms with Crippen molar-refractivity contribution in [2.24, 2.45) is 0 Å². The Morgan fingerprint density at radius 3 is 2.71 bits per heavy atom. The lowest BCUT2D eigenvalue weighted by atomic mass is 9.83. The lowest BCUT2D eigenvalue weighted by Gasteiger charge is -2.27. The molecule has 150 valence electrons. The molecule has 0 saturated heterocycles. The van der Waals surface area contributed by atoms with Crippen LogP contribution in [0.5, 0.6) is 5.75 Å². The predicted molar refractivity (Wildman–Crippen MR) is 113 cm³/mol. The molecule has 0 unspecified atom stereocenters. The molecule has 2 aromatic carbocycles. The van der Waals surface area contributed by atoms with Crippen LogP contribution < -0.4 is 10.1 Å². The highest BCUT2D eigenvalue weighted by molar-refractivity contribution is 7.99. The minimum atomic E-state index is -0.471. The van der Waals surface area contributed by atoms with E-state index in [0.717, 1.165) is 25.0 Å². The summed E-state index contributed by atoms with van der Waals surface area (Å²) in [7, 11) is 1.69. The summed E-state index contributed by atoms with van der Waals surface area (Å²) in [5, 5.41) is 2.94. The maximum absolute atomic E-state index is 12.0. The molecule has 0 radical (unpaired) electrons. The molecule has 1 amide bonds. The minimum absolute atomic E-state index is 0.340. The fourth-order valence-corrected chi connectivity index (χ4v) is 4.42. The molecular formula is C23H29NO3S. The topological polar surface area (TPSA) is 47.6 Å². The number of carbonyl (C=O) groups excluding carboxylic acids is 1. The van der Waals surface area contributed by atoms with Crippen LogP contribution in [0.15, 0.2) is 52.3 Å². The fraction of sp³-hybridized carbons (Fsp3) is 0.435. The first kappa shape index (κ1) is 20.6. The van der Waals surface area contributed by atoms with Gasteiger partial charge in [-0.1, -0.05) is 23.9 Å². The number of ether oxygens (including phenoxy) is 2. The van der Waals surface area contributed by atoms with E-state index in [-0.39, 0.29) is 6.09 Å². The fourth-order valence-electron chi connectivity index (χ4n) is 3.49. The molecule has 5 heteroatoms. The molecule has 0 spiro atoms. The Bertz CT molecular complexity index is 829. The molecule has 4 nitrogen and oxygen atoms in total. The normalized spacial score (nSPS) is 16.2. The Hall–Kier alpha value is -2.14. The molecule has 0 heterocycles. The Morgan fingerprint density at radius 1 is 1.18 bits per heavy atom. The van der Waals surface area contributed by atoms with Gasteiger partial charge in [0.15, 0.2) is 0 Å². The van der Waals surface area contributed by atoms with Crippen LogP contribution in [0.25, 0.3) is 0 Å². The highest BCUT2D eigenvalue weighted by atomic mass is 32.2. The monoisotopic (exact) mass is 399 g/mol. The standard InChI is InChI=1S/C23H29NO3S/c1-23(2,3)27-22(25)24-15-17-8-5-7-16-13-20(11-12-21(16)17)28-19-10-6-9-18(14-19)26-4/h6,9-14,17H,5,7-8,15H2,1-4H3,(H,24,25)/t17-/m0/s1.